The fourth-order valence-electron chi connectivity index (χ4n) is 2.22. The summed E-state index contributed by atoms with van der Waals surface area (Å²) in [7, 11) is 0. The van der Waals surface area contributed by atoms with Crippen LogP contribution in [0.5, 0.6) is 0 Å². The van der Waals surface area contributed by atoms with E-state index in [9.17, 15) is 0 Å². The van der Waals surface area contributed by atoms with Crippen LogP contribution in [0.3, 0.4) is 0 Å². The molecule has 0 aliphatic heterocycles. The molecule has 0 aromatic heterocycles. The molecule has 0 heterocycles. The Morgan fingerprint density at radius 2 is 2.10 bits per heavy atom. The third kappa shape index (κ3) is 8.03. The van der Waals surface area contributed by atoms with Crippen LogP contribution in [0.4, 0.5) is 0 Å². The van der Waals surface area contributed by atoms with Gasteiger partial charge in [-0.2, -0.15) is 0 Å². The molecule has 0 amide bonds. The molecule has 0 aliphatic rings. The molecule has 0 saturated carbocycles. The molecule has 1 aromatic rings. The molecule has 1 aromatic carbocycles. The molecule has 114 valence electrons. The highest BCUT2D eigenvalue weighted by molar-refractivity contribution is 9.10. The lowest BCUT2D eigenvalue weighted by Gasteiger charge is -2.17. The van der Waals surface area contributed by atoms with Gasteiger partial charge < -0.3 is 10.1 Å². The zero-order valence-electron chi connectivity index (χ0n) is 12.8. The van der Waals surface area contributed by atoms with Crippen molar-refractivity contribution < 1.29 is 4.74 Å². The first-order valence-electron chi connectivity index (χ1n) is 7.79. The highest BCUT2D eigenvalue weighted by atomic mass is 79.9. The van der Waals surface area contributed by atoms with Crippen molar-refractivity contribution in [1.82, 2.24) is 5.32 Å². The van der Waals surface area contributed by atoms with Gasteiger partial charge in [-0.25, -0.2) is 0 Å². The predicted molar refractivity (Wildman–Crippen MR) is 90.2 cm³/mol. The quantitative estimate of drug-likeness (QED) is 0.601. The minimum atomic E-state index is 0.644. The van der Waals surface area contributed by atoms with Crippen LogP contribution in [-0.2, 0) is 11.2 Å². The molecule has 1 N–H and O–H groups in total. The van der Waals surface area contributed by atoms with E-state index in [0.717, 1.165) is 43.6 Å². The van der Waals surface area contributed by atoms with Crippen LogP contribution < -0.4 is 5.32 Å². The molecule has 1 atom stereocenters. The van der Waals surface area contributed by atoms with Crippen LogP contribution in [0.2, 0.25) is 0 Å². The van der Waals surface area contributed by atoms with Crippen LogP contribution >= 0.6 is 15.9 Å². The molecule has 0 aliphatic carbocycles. The molecule has 20 heavy (non-hydrogen) atoms. The number of ether oxygens (including phenoxy) is 1. The van der Waals surface area contributed by atoms with Gasteiger partial charge in [0, 0.05) is 17.7 Å². The van der Waals surface area contributed by atoms with Gasteiger partial charge >= 0.3 is 0 Å². The highest BCUT2D eigenvalue weighted by Crippen LogP contribution is 2.17. The number of hydrogen-bond donors (Lipinski definition) is 1. The molecule has 0 spiro atoms. The number of benzene rings is 1. The van der Waals surface area contributed by atoms with Gasteiger partial charge in [0.15, 0.2) is 0 Å². The monoisotopic (exact) mass is 341 g/mol. The van der Waals surface area contributed by atoms with E-state index in [1.54, 1.807) is 0 Å². The Bertz CT molecular complexity index is 357. The smallest absolute Gasteiger partial charge is 0.0469 e. The first kappa shape index (κ1) is 17.7. The summed E-state index contributed by atoms with van der Waals surface area (Å²) in [5.41, 5.74) is 1.40. The van der Waals surface area contributed by atoms with E-state index in [1.165, 1.54) is 18.4 Å². The normalized spacial score (nSPS) is 12.6. The number of unbranched alkanes of at least 4 members (excludes halogenated alkanes) is 1. The van der Waals surface area contributed by atoms with Crippen LogP contribution in [-0.4, -0.2) is 26.3 Å². The average molecular weight is 342 g/mol. The van der Waals surface area contributed by atoms with E-state index >= 15 is 0 Å². The van der Waals surface area contributed by atoms with E-state index < -0.39 is 0 Å². The van der Waals surface area contributed by atoms with Crippen LogP contribution in [0.15, 0.2) is 28.7 Å². The van der Waals surface area contributed by atoms with Gasteiger partial charge in [0.05, 0.1) is 0 Å². The fourth-order valence-corrected chi connectivity index (χ4v) is 2.67. The SMILES string of the molecule is CCCCOCCC(CNCC)Cc1cccc(Br)c1. The molecule has 0 bridgehead atoms. The number of halogens is 1. The average Bonchev–Trinajstić information content (AvgIpc) is 2.44. The summed E-state index contributed by atoms with van der Waals surface area (Å²) in [6.07, 6.45) is 4.62. The van der Waals surface area contributed by atoms with Gasteiger partial charge in [-0.05, 0) is 56.0 Å². The van der Waals surface area contributed by atoms with E-state index in [-0.39, 0.29) is 0 Å². The summed E-state index contributed by atoms with van der Waals surface area (Å²) in [6.45, 7) is 8.25. The molecule has 1 rings (SSSR count). The van der Waals surface area contributed by atoms with Crippen molar-refractivity contribution in [2.24, 2.45) is 5.92 Å². The summed E-state index contributed by atoms with van der Waals surface area (Å²) in [6, 6.07) is 8.62. The lowest BCUT2D eigenvalue weighted by atomic mass is 9.96. The zero-order chi connectivity index (χ0) is 14.6. The van der Waals surface area contributed by atoms with Crippen molar-refractivity contribution in [3.05, 3.63) is 34.3 Å². The minimum Gasteiger partial charge on any atom is -0.381 e. The van der Waals surface area contributed by atoms with Crippen molar-refractivity contribution in [3.63, 3.8) is 0 Å². The van der Waals surface area contributed by atoms with Crippen molar-refractivity contribution in [2.45, 2.75) is 39.5 Å². The maximum Gasteiger partial charge on any atom is 0.0469 e. The van der Waals surface area contributed by atoms with Gasteiger partial charge in [0.2, 0.25) is 0 Å². The Hall–Kier alpha value is -0.380. The maximum absolute atomic E-state index is 5.71. The summed E-state index contributed by atoms with van der Waals surface area (Å²) >= 11 is 3.55. The second-order valence-corrected chi connectivity index (χ2v) is 6.18. The van der Waals surface area contributed by atoms with Crippen LogP contribution in [0, 0.1) is 5.92 Å². The predicted octanol–water partition coefficient (Wildman–Crippen LogP) is 4.42. The van der Waals surface area contributed by atoms with Crippen LogP contribution in [0.1, 0.15) is 38.7 Å². The highest BCUT2D eigenvalue weighted by Gasteiger charge is 2.09. The molecular formula is C17H28BrNO. The first-order chi connectivity index (χ1) is 9.76. The molecule has 0 radical (unpaired) electrons. The lowest BCUT2D eigenvalue weighted by Crippen LogP contribution is -2.25. The van der Waals surface area contributed by atoms with E-state index in [4.69, 9.17) is 4.74 Å². The molecule has 3 heteroatoms. The number of hydrogen-bond acceptors (Lipinski definition) is 2. The third-order valence-corrected chi connectivity index (χ3v) is 3.90. The topological polar surface area (TPSA) is 21.3 Å². The Morgan fingerprint density at radius 1 is 1.25 bits per heavy atom. The van der Waals surface area contributed by atoms with Gasteiger partial charge in [-0.3, -0.25) is 0 Å². The molecule has 0 fully saturated rings. The van der Waals surface area contributed by atoms with Crippen molar-refractivity contribution >= 4 is 15.9 Å². The minimum absolute atomic E-state index is 0.644. The van der Waals surface area contributed by atoms with Gasteiger partial charge in [0.1, 0.15) is 0 Å². The standard InChI is InChI=1S/C17H28BrNO/c1-3-5-10-20-11-9-16(14-19-4-2)12-15-7-6-8-17(18)13-15/h6-8,13,16,19H,3-5,9-12,14H2,1-2H3. The van der Waals surface area contributed by atoms with Gasteiger partial charge in [-0.15, -0.1) is 0 Å². The zero-order valence-corrected chi connectivity index (χ0v) is 14.4. The Kier molecular flexibility index (Phi) is 9.98. The van der Waals surface area contributed by atoms with Crippen molar-refractivity contribution in [3.8, 4) is 0 Å². The summed E-state index contributed by atoms with van der Waals surface area (Å²) in [5.74, 6) is 0.644. The van der Waals surface area contributed by atoms with Crippen LogP contribution in [0.25, 0.3) is 0 Å². The first-order valence-corrected chi connectivity index (χ1v) is 8.58. The maximum atomic E-state index is 5.71. The summed E-state index contributed by atoms with van der Waals surface area (Å²) in [4.78, 5) is 0. The molecule has 2 nitrogen and oxygen atoms in total. The van der Waals surface area contributed by atoms with E-state index in [1.807, 2.05) is 0 Å². The Labute approximate surface area is 132 Å². The van der Waals surface area contributed by atoms with Crippen molar-refractivity contribution in [1.29, 1.82) is 0 Å². The Morgan fingerprint density at radius 3 is 2.80 bits per heavy atom. The second-order valence-electron chi connectivity index (χ2n) is 5.26. The Balaban J connectivity index is 2.38. The number of nitrogens with one attached hydrogen (secondary N) is 1. The van der Waals surface area contributed by atoms with E-state index in [0.29, 0.717) is 5.92 Å². The van der Waals surface area contributed by atoms with Gasteiger partial charge in [-0.1, -0.05) is 48.3 Å². The van der Waals surface area contributed by atoms with E-state index in [2.05, 4.69) is 59.4 Å². The second kappa shape index (κ2) is 11.3. The molecular weight excluding hydrogens is 314 g/mol. The summed E-state index contributed by atoms with van der Waals surface area (Å²) < 4.78 is 6.87. The fraction of sp³-hybridized carbons (Fsp3) is 0.647. The third-order valence-electron chi connectivity index (χ3n) is 3.41. The van der Waals surface area contributed by atoms with Gasteiger partial charge in [0.25, 0.3) is 0 Å². The largest absolute Gasteiger partial charge is 0.381 e. The summed E-state index contributed by atoms with van der Waals surface area (Å²) in [5, 5.41) is 3.47. The molecule has 0 saturated heterocycles. The van der Waals surface area contributed by atoms with Crippen molar-refractivity contribution in [2.75, 3.05) is 26.3 Å². The number of rotatable bonds is 11. The lowest BCUT2D eigenvalue weighted by molar-refractivity contribution is 0.117. The molecule has 1 unspecified atom stereocenters.